The number of pyridine rings is 2. The number of aromatic nitrogens is 2. The zero-order chi connectivity index (χ0) is 19.1. The molecule has 1 unspecified atom stereocenters. The van der Waals surface area contributed by atoms with E-state index < -0.39 is 0 Å². The van der Waals surface area contributed by atoms with Crippen LogP contribution in [0.15, 0.2) is 78.9 Å². The smallest absolute Gasteiger partial charge is 0.0974 e. The van der Waals surface area contributed by atoms with E-state index in [0.717, 1.165) is 34.2 Å². The van der Waals surface area contributed by atoms with Crippen molar-refractivity contribution in [2.75, 3.05) is 0 Å². The fraction of sp³-hybridized carbons (Fsp3) is 0.154. The minimum Gasteiger partial charge on any atom is -0.251 e. The maximum absolute atomic E-state index is 4.93. The molecule has 0 saturated heterocycles. The van der Waals surface area contributed by atoms with Gasteiger partial charge in [0.05, 0.1) is 11.0 Å². The monoisotopic (exact) mass is 362 g/mol. The van der Waals surface area contributed by atoms with E-state index >= 15 is 0 Å². The second-order valence-corrected chi connectivity index (χ2v) is 7.54. The van der Waals surface area contributed by atoms with Gasteiger partial charge in [-0.1, -0.05) is 66.8 Å². The third kappa shape index (κ3) is 2.82. The van der Waals surface area contributed by atoms with Crippen LogP contribution in [0.1, 0.15) is 29.3 Å². The lowest BCUT2D eigenvalue weighted by molar-refractivity contribution is 0.858. The molecule has 0 radical (unpaired) electrons. The van der Waals surface area contributed by atoms with Crippen LogP contribution in [-0.4, -0.2) is 9.97 Å². The molecule has 0 bridgehead atoms. The van der Waals surface area contributed by atoms with Gasteiger partial charge in [-0.3, -0.25) is 9.97 Å². The summed E-state index contributed by atoms with van der Waals surface area (Å²) < 4.78 is 0. The van der Waals surface area contributed by atoms with Crippen molar-refractivity contribution >= 4 is 21.8 Å². The van der Waals surface area contributed by atoms with Crippen molar-refractivity contribution < 1.29 is 0 Å². The van der Waals surface area contributed by atoms with Crippen molar-refractivity contribution in [1.82, 2.24) is 9.97 Å². The first-order chi connectivity index (χ1) is 13.7. The van der Waals surface area contributed by atoms with Crippen molar-refractivity contribution in [2.45, 2.75) is 26.2 Å². The molecule has 2 nitrogen and oxygen atoms in total. The van der Waals surface area contributed by atoms with Crippen LogP contribution >= 0.6 is 0 Å². The van der Waals surface area contributed by atoms with E-state index in [2.05, 4.69) is 92.7 Å². The lowest BCUT2D eigenvalue weighted by Gasteiger charge is -2.18. The fourth-order valence-corrected chi connectivity index (χ4v) is 4.24. The van der Waals surface area contributed by atoms with E-state index in [1.54, 1.807) is 0 Å². The highest BCUT2D eigenvalue weighted by atomic mass is 14.8. The summed E-state index contributed by atoms with van der Waals surface area (Å²) >= 11 is 0. The molecule has 0 fully saturated rings. The van der Waals surface area contributed by atoms with E-state index in [-0.39, 0.29) is 0 Å². The lowest BCUT2D eigenvalue weighted by Crippen LogP contribution is -2.01. The summed E-state index contributed by atoms with van der Waals surface area (Å²) in [6, 6.07) is 19.4. The average molecular weight is 362 g/mol. The Labute approximate surface area is 165 Å². The molecule has 0 spiro atoms. The molecule has 28 heavy (non-hydrogen) atoms. The van der Waals surface area contributed by atoms with E-state index in [4.69, 9.17) is 9.97 Å². The number of nitrogens with zero attached hydrogens (tertiary/aromatic N) is 2. The summed E-state index contributed by atoms with van der Waals surface area (Å²) in [5, 5.41) is 2.37. The Kier molecular flexibility index (Phi) is 4.05. The largest absolute Gasteiger partial charge is 0.251 e. The molecule has 136 valence electrons. The van der Waals surface area contributed by atoms with Gasteiger partial charge in [0, 0.05) is 28.1 Å². The minimum absolute atomic E-state index is 0.394. The highest BCUT2D eigenvalue weighted by Gasteiger charge is 2.17. The number of hydrogen-bond acceptors (Lipinski definition) is 2. The number of rotatable bonds is 2. The maximum Gasteiger partial charge on any atom is 0.0974 e. The molecule has 1 aliphatic carbocycles. The highest BCUT2D eigenvalue weighted by molar-refractivity contribution is 6.09. The zero-order valence-corrected chi connectivity index (χ0v) is 16.2. The first kappa shape index (κ1) is 16.9. The third-order valence-electron chi connectivity index (χ3n) is 5.51. The van der Waals surface area contributed by atoms with Crippen molar-refractivity contribution in [1.29, 1.82) is 0 Å². The molecule has 2 heterocycles. The first-order valence-corrected chi connectivity index (χ1v) is 9.81. The molecule has 2 aromatic carbocycles. The van der Waals surface area contributed by atoms with Crippen LogP contribution in [0.4, 0.5) is 0 Å². The molecule has 4 aromatic rings. The SMILES string of the molecule is Cc1cc(-c2ccccc2)c2ccc3c(C4C=CC=CC4)cc(C)nc3c2n1. The molecule has 0 amide bonds. The van der Waals surface area contributed by atoms with Gasteiger partial charge < -0.3 is 0 Å². The van der Waals surface area contributed by atoms with Gasteiger partial charge in [-0.2, -0.15) is 0 Å². The Morgan fingerprint density at radius 2 is 1.50 bits per heavy atom. The second kappa shape index (κ2) is 6.72. The summed E-state index contributed by atoms with van der Waals surface area (Å²) in [5.41, 5.74) is 7.84. The number of benzene rings is 2. The van der Waals surface area contributed by atoms with Crippen molar-refractivity contribution in [3.05, 3.63) is 95.9 Å². The predicted molar refractivity (Wildman–Crippen MR) is 118 cm³/mol. The van der Waals surface area contributed by atoms with Gasteiger partial charge in [-0.15, -0.1) is 0 Å². The molecular weight excluding hydrogens is 340 g/mol. The minimum atomic E-state index is 0.394. The van der Waals surface area contributed by atoms with Crippen LogP contribution in [0, 0.1) is 13.8 Å². The lowest BCUT2D eigenvalue weighted by atomic mass is 9.88. The molecule has 1 atom stereocenters. The van der Waals surface area contributed by atoms with Crippen molar-refractivity contribution in [2.24, 2.45) is 0 Å². The topological polar surface area (TPSA) is 25.8 Å². The Bertz CT molecular complexity index is 1250. The molecule has 2 heteroatoms. The van der Waals surface area contributed by atoms with E-state index in [9.17, 15) is 0 Å². The van der Waals surface area contributed by atoms with E-state index in [0.29, 0.717) is 5.92 Å². The second-order valence-electron chi connectivity index (χ2n) is 7.54. The molecule has 0 aliphatic heterocycles. The van der Waals surface area contributed by atoms with Crippen LogP contribution in [0.3, 0.4) is 0 Å². The summed E-state index contributed by atoms with van der Waals surface area (Å²) in [5.74, 6) is 0.394. The Hall–Kier alpha value is -3.26. The zero-order valence-electron chi connectivity index (χ0n) is 16.2. The van der Waals surface area contributed by atoms with Gasteiger partial charge in [0.15, 0.2) is 0 Å². The fourth-order valence-electron chi connectivity index (χ4n) is 4.24. The first-order valence-electron chi connectivity index (χ1n) is 9.81. The summed E-state index contributed by atoms with van der Waals surface area (Å²) in [6.45, 7) is 4.15. The van der Waals surface area contributed by atoms with E-state index in [1.807, 2.05) is 0 Å². The summed E-state index contributed by atoms with van der Waals surface area (Å²) in [4.78, 5) is 9.85. The molecule has 5 rings (SSSR count). The van der Waals surface area contributed by atoms with Crippen LogP contribution in [0.2, 0.25) is 0 Å². The van der Waals surface area contributed by atoms with Crippen molar-refractivity contribution in [3.8, 4) is 11.1 Å². The number of hydrogen-bond donors (Lipinski definition) is 0. The third-order valence-corrected chi connectivity index (χ3v) is 5.51. The number of aryl methyl sites for hydroxylation is 2. The van der Waals surface area contributed by atoms with Crippen LogP contribution < -0.4 is 0 Å². The summed E-state index contributed by atoms with van der Waals surface area (Å²) in [6.07, 6.45) is 9.83. The van der Waals surface area contributed by atoms with Crippen LogP contribution in [-0.2, 0) is 0 Å². The summed E-state index contributed by atoms with van der Waals surface area (Å²) in [7, 11) is 0. The van der Waals surface area contributed by atoms with Gasteiger partial charge in [-0.25, -0.2) is 0 Å². The Balaban J connectivity index is 1.83. The van der Waals surface area contributed by atoms with Crippen LogP contribution in [0.25, 0.3) is 32.9 Å². The van der Waals surface area contributed by atoms with Gasteiger partial charge in [0.25, 0.3) is 0 Å². The van der Waals surface area contributed by atoms with E-state index in [1.165, 1.54) is 22.1 Å². The molecule has 0 N–H and O–H groups in total. The molecule has 2 aromatic heterocycles. The average Bonchev–Trinajstić information content (AvgIpc) is 2.74. The van der Waals surface area contributed by atoms with Gasteiger partial charge in [0.2, 0.25) is 0 Å². The van der Waals surface area contributed by atoms with Gasteiger partial charge >= 0.3 is 0 Å². The predicted octanol–water partition coefficient (Wildman–Crippen LogP) is 6.67. The Morgan fingerprint density at radius 1 is 0.786 bits per heavy atom. The molecule has 0 saturated carbocycles. The van der Waals surface area contributed by atoms with Crippen LogP contribution in [0.5, 0.6) is 0 Å². The Morgan fingerprint density at radius 3 is 2.25 bits per heavy atom. The normalized spacial score (nSPS) is 16.1. The standard InChI is InChI=1S/C26H22N2/c1-17-15-23(19-9-5-3-6-10-19)21-13-14-22-24(20-11-7-4-8-12-20)16-18(2)28-26(22)25(21)27-17/h3-11,13-16,20H,12H2,1-2H3. The molecular formula is C26H22N2. The van der Waals surface area contributed by atoms with Gasteiger partial charge in [-0.05, 0) is 49.1 Å². The van der Waals surface area contributed by atoms with Gasteiger partial charge in [0.1, 0.15) is 0 Å². The quantitative estimate of drug-likeness (QED) is 0.372. The van der Waals surface area contributed by atoms with Crippen molar-refractivity contribution in [3.63, 3.8) is 0 Å². The number of allylic oxidation sites excluding steroid dienone is 4. The molecule has 1 aliphatic rings. The highest BCUT2D eigenvalue weighted by Crippen LogP contribution is 2.36. The number of fused-ring (bicyclic) bond motifs is 3. The maximum atomic E-state index is 4.93.